The lowest BCUT2D eigenvalue weighted by molar-refractivity contribution is 0.648. The van der Waals surface area contributed by atoms with Crippen LogP contribution in [0.2, 0.25) is 0 Å². The van der Waals surface area contributed by atoms with E-state index in [4.69, 9.17) is 5.73 Å². The topological polar surface area (TPSA) is 29.3 Å². The fourth-order valence-corrected chi connectivity index (χ4v) is 3.03. The van der Waals surface area contributed by atoms with Gasteiger partial charge in [-0.15, -0.1) is 0 Å². The van der Waals surface area contributed by atoms with Crippen LogP contribution in [0.1, 0.15) is 13.8 Å². The van der Waals surface area contributed by atoms with Gasteiger partial charge in [0.1, 0.15) is 0 Å². The van der Waals surface area contributed by atoms with Crippen molar-refractivity contribution in [3.05, 3.63) is 24.3 Å². The van der Waals surface area contributed by atoms with Crippen LogP contribution in [-0.4, -0.2) is 23.6 Å². The van der Waals surface area contributed by atoms with Gasteiger partial charge in [0.15, 0.2) is 0 Å². The SMILES string of the molecule is CC1(C)CN(c2ccc(N)cc2)CCS1. The van der Waals surface area contributed by atoms with Gasteiger partial charge in [-0.05, 0) is 38.1 Å². The average Bonchev–Trinajstić information content (AvgIpc) is 2.17. The first-order chi connectivity index (χ1) is 7.07. The molecule has 15 heavy (non-hydrogen) atoms. The second-order valence-corrected chi connectivity index (χ2v) is 6.42. The van der Waals surface area contributed by atoms with Gasteiger partial charge in [-0.25, -0.2) is 0 Å². The van der Waals surface area contributed by atoms with Gasteiger partial charge in [0, 0.05) is 35.0 Å². The number of nitrogens with two attached hydrogens (primary N) is 1. The standard InChI is InChI=1S/C12H18N2S/c1-12(2)9-14(7-8-15-12)11-5-3-10(13)4-6-11/h3-6H,7-9,13H2,1-2H3. The third-order valence-corrected chi connectivity index (χ3v) is 3.98. The van der Waals surface area contributed by atoms with Crippen LogP contribution in [0.3, 0.4) is 0 Å². The molecule has 1 aromatic carbocycles. The molecule has 0 aliphatic carbocycles. The van der Waals surface area contributed by atoms with E-state index in [0.29, 0.717) is 4.75 Å². The normalized spacial score (nSPS) is 20.3. The molecular weight excluding hydrogens is 204 g/mol. The van der Waals surface area contributed by atoms with Crippen molar-refractivity contribution in [3.8, 4) is 0 Å². The van der Waals surface area contributed by atoms with Crippen molar-refractivity contribution in [3.63, 3.8) is 0 Å². The molecule has 1 fully saturated rings. The molecular formula is C12H18N2S. The summed E-state index contributed by atoms with van der Waals surface area (Å²) < 4.78 is 0.361. The zero-order valence-corrected chi connectivity index (χ0v) is 10.2. The molecule has 1 aliphatic heterocycles. The molecule has 0 radical (unpaired) electrons. The van der Waals surface area contributed by atoms with Crippen LogP contribution in [0.15, 0.2) is 24.3 Å². The predicted molar refractivity (Wildman–Crippen MR) is 69.6 cm³/mol. The molecule has 2 rings (SSSR count). The van der Waals surface area contributed by atoms with Crippen molar-refractivity contribution >= 4 is 23.1 Å². The minimum atomic E-state index is 0.361. The van der Waals surface area contributed by atoms with Crippen LogP contribution in [0.4, 0.5) is 11.4 Å². The minimum Gasteiger partial charge on any atom is -0.399 e. The number of thioether (sulfide) groups is 1. The molecule has 0 unspecified atom stereocenters. The van der Waals surface area contributed by atoms with E-state index in [-0.39, 0.29) is 0 Å². The summed E-state index contributed by atoms with van der Waals surface area (Å²) in [6, 6.07) is 8.18. The summed E-state index contributed by atoms with van der Waals surface area (Å²) in [7, 11) is 0. The summed E-state index contributed by atoms with van der Waals surface area (Å²) in [5, 5.41) is 0. The van der Waals surface area contributed by atoms with Gasteiger partial charge < -0.3 is 10.6 Å². The lowest BCUT2D eigenvalue weighted by Gasteiger charge is -2.39. The van der Waals surface area contributed by atoms with Gasteiger partial charge in [-0.1, -0.05) is 0 Å². The molecule has 0 atom stereocenters. The van der Waals surface area contributed by atoms with E-state index in [0.717, 1.165) is 18.8 Å². The largest absolute Gasteiger partial charge is 0.399 e. The molecule has 1 heterocycles. The van der Waals surface area contributed by atoms with E-state index >= 15 is 0 Å². The molecule has 0 bridgehead atoms. The molecule has 3 heteroatoms. The highest BCUT2D eigenvalue weighted by atomic mass is 32.2. The van der Waals surface area contributed by atoms with Crippen molar-refractivity contribution in [1.29, 1.82) is 0 Å². The van der Waals surface area contributed by atoms with Crippen LogP contribution in [0.25, 0.3) is 0 Å². The zero-order chi connectivity index (χ0) is 10.9. The molecule has 0 spiro atoms. The Balaban J connectivity index is 2.13. The maximum Gasteiger partial charge on any atom is 0.0368 e. The maximum absolute atomic E-state index is 5.69. The smallest absolute Gasteiger partial charge is 0.0368 e. The Morgan fingerprint density at radius 1 is 1.27 bits per heavy atom. The van der Waals surface area contributed by atoms with Gasteiger partial charge in [0.2, 0.25) is 0 Å². The van der Waals surface area contributed by atoms with Gasteiger partial charge in [0.25, 0.3) is 0 Å². The summed E-state index contributed by atoms with van der Waals surface area (Å²) in [6.07, 6.45) is 0. The first-order valence-electron chi connectivity index (χ1n) is 5.31. The molecule has 0 saturated carbocycles. The number of nitrogen functional groups attached to an aromatic ring is 1. The highest BCUT2D eigenvalue weighted by Crippen LogP contribution is 2.32. The average molecular weight is 222 g/mol. The predicted octanol–water partition coefficient (Wildman–Crippen LogP) is 2.60. The monoisotopic (exact) mass is 222 g/mol. The Hall–Kier alpha value is -0.830. The van der Waals surface area contributed by atoms with E-state index < -0.39 is 0 Å². The number of anilines is 2. The zero-order valence-electron chi connectivity index (χ0n) is 9.36. The van der Waals surface area contributed by atoms with Crippen LogP contribution in [-0.2, 0) is 0 Å². The number of nitrogens with zero attached hydrogens (tertiary/aromatic N) is 1. The van der Waals surface area contributed by atoms with Gasteiger partial charge in [-0.3, -0.25) is 0 Å². The minimum absolute atomic E-state index is 0.361. The van der Waals surface area contributed by atoms with Gasteiger partial charge >= 0.3 is 0 Å². The summed E-state index contributed by atoms with van der Waals surface area (Å²) >= 11 is 2.06. The molecule has 1 saturated heterocycles. The Kier molecular flexibility index (Phi) is 2.83. The second kappa shape index (κ2) is 3.97. The molecule has 1 aromatic rings. The molecule has 1 aliphatic rings. The van der Waals surface area contributed by atoms with Crippen molar-refractivity contribution in [2.24, 2.45) is 0 Å². The summed E-state index contributed by atoms with van der Waals surface area (Å²) in [5.74, 6) is 1.21. The molecule has 0 amide bonds. The van der Waals surface area contributed by atoms with Gasteiger partial charge in [-0.2, -0.15) is 11.8 Å². The molecule has 82 valence electrons. The lowest BCUT2D eigenvalue weighted by Crippen LogP contribution is -2.43. The van der Waals surface area contributed by atoms with E-state index in [1.165, 1.54) is 11.4 Å². The third-order valence-electron chi connectivity index (χ3n) is 2.68. The van der Waals surface area contributed by atoms with E-state index in [9.17, 15) is 0 Å². The van der Waals surface area contributed by atoms with Crippen LogP contribution >= 0.6 is 11.8 Å². The van der Waals surface area contributed by atoms with E-state index in [1.807, 2.05) is 12.1 Å². The number of hydrogen-bond donors (Lipinski definition) is 1. The molecule has 2 nitrogen and oxygen atoms in total. The number of hydrogen-bond acceptors (Lipinski definition) is 3. The summed E-state index contributed by atoms with van der Waals surface area (Å²) in [6.45, 7) is 6.86. The highest BCUT2D eigenvalue weighted by Gasteiger charge is 2.26. The fourth-order valence-electron chi connectivity index (χ4n) is 1.92. The Morgan fingerprint density at radius 2 is 1.93 bits per heavy atom. The maximum atomic E-state index is 5.69. The van der Waals surface area contributed by atoms with E-state index in [2.05, 4.69) is 42.6 Å². The van der Waals surface area contributed by atoms with Gasteiger partial charge in [0.05, 0.1) is 0 Å². The van der Waals surface area contributed by atoms with Crippen LogP contribution in [0, 0.1) is 0 Å². The number of rotatable bonds is 1. The Morgan fingerprint density at radius 3 is 2.53 bits per heavy atom. The quantitative estimate of drug-likeness (QED) is 0.741. The van der Waals surface area contributed by atoms with Crippen molar-refractivity contribution in [1.82, 2.24) is 0 Å². The van der Waals surface area contributed by atoms with Crippen molar-refractivity contribution in [2.75, 3.05) is 29.5 Å². The Labute approximate surface area is 95.8 Å². The first-order valence-corrected chi connectivity index (χ1v) is 6.30. The second-order valence-electron chi connectivity index (χ2n) is 4.62. The van der Waals surface area contributed by atoms with Crippen molar-refractivity contribution < 1.29 is 0 Å². The first kappa shape index (κ1) is 10.7. The summed E-state index contributed by atoms with van der Waals surface area (Å²) in [4.78, 5) is 2.44. The van der Waals surface area contributed by atoms with Crippen molar-refractivity contribution in [2.45, 2.75) is 18.6 Å². The van der Waals surface area contributed by atoms with Crippen LogP contribution < -0.4 is 10.6 Å². The molecule has 0 aromatic heterocycles. The fraction of sp³-hybridized carbons (Fsp3) is 0.500. The molecule has 2 N–H and O–H groups in total. The third kappa shape index (κ3) is 2.59. The highest BCUT2D eigenvalue weighted by molar-refractivity contribution is 8.00. The number of benzene rings is 1. The van der Waals surface area contributed by atoms with Crippen LogP contribution in [0.5, 0.6) is 0 Å². The van der Waals surface area contributed by atoms with E-state index in [1.54, 1.807) is 0 Å². The Bertz CT molecular complexity index is 332. The summed E-state index contributed by atoms with van der Waals surface area (Å²) in [5.41, 5.74) is 7.81. The lowest BCUT2D eigenvalue weighted by atomic mass is 10.1.